The molecular weight excluding hydrogens is 390 g/mol. The van der Waals surface area contributed by atoms with Crippen molar-refractivity contribution in [3.05, 3.63) is 29.8 Å². The monoisotopic (exact) mass is 417 g/mol. The molecular formula is C20H27N5O3S. The van der Waals surface area contributed by atoms with E-state index in [9.17, 15) is 9.59 Å². The average Bonchev–Trinajstić information content (AvgIpc) is 3.18. The molecule has 3 rings (SSSR count). The highest BCUT2D eigenvalue weighted by Gasteiger charge is 2.21. The molecule has 0 spiro atoms. The minimum absolute atomic E-state index is 0.211. The Labute approximate surface area is 174 Å². The fourth-order valence-electron chi connectivity index (χ4n) is 3.38. The number of rotatable bonds is 7. The number of urea groups is 1. The number of benzene rings is 1. The Morgan fingerprint density at radius 3 is 2.55 bits per heavy atom. The third kappa shape index (κ3) is 6.15. The summed E-state index contributed by atoms with van der Waals surface area (Å²) in [6.07, 6.45) is 6.36. The molecule has 2 aromatic rings. The number of hydrogen-bond acceptors (Lipinski definition) is 7. The van der Waals surface area contributed by atoms with Gasteiger partial charge in [-0.1, -0.05) is 42.7 Å². The Morgan fingerprint density at radius 1 is 1.14 bits per heavy atom. The summed E-state index contributed by atoms with van der Waals surface area (Å²) in [5.74, 6) is -0.267. The highest BCUT2D eigenvalue weighted by atomic mass is 32.1. The zero-order valence-corrected chi connectivity index (χ0v) is 17.6. The smallest absolute Gasteiger partial charge is 0.325 e. The van der Waals surface area contributed by atoms with Crippen molar-refractivity contribution in [2.75, 3.05) is 29.2 Å². The maximum absolute atomic E-state index is 12.2. The van der Waals surface area contributed by atoms with Crippen molar-refractivity contribution >= 4 is 39.3 Å². The molecule has 8 nitrogen and oxygen atoms in total. The second-order valence-corrected chi connectivity index (χ2v) is 8.01. The fraction of sp³-hybridized carbons (Fsp3) is 0.500. The molecule has 0 atom stereocenters. The van der Waals surface area contributed by atoms with Gasteiger partial charge in [0, 0.05) is 18.8 Å². The summed E-state index contributed by atoms with van der Waals surface area (Å²) < 4.78 is 4.93. The third-order valence-electron chi connectivity index (χ3n) is 4.92. The van der Waals surface area contributed by atoms with E-state index in [1.165, 1.54) is 43.4 Å². The van der Waals surface area contributed by atoms with Crippen LogP contribution in [-0.2, 0) is 16.0 Å². The van der Waals surface area contributed by atoms with Crippen LogP contribution in [0.4, 0.5) is 20.7 Å². The van der Waals surface area contributed by atoms with E-state index < -0.39 is 0 Å². The first-order valence-electron chi connectivity index (χ1n) is 9.94. The van der Waals surface area contributed by atoms with E-state index >= 15 is 0 Å². The summed E-state index contributed by atoms with van der Waals surface area (Å²) in [5, 5.41) is 15.1. The van der Waals surface area contributed by atoms with Crippen LogP contribution in [-0.4, -0.2) is 41.9 Å². The zero-order chi connectivity index (χ0) is 20.6. The number of ether oxygens (including phenoxy) is 1. The molecule has 2 amide bonds. The minimum Gasteiger partial charge on any atom is -0.466 e. The lowest BCUT2D eigenvalue weighted by Crippen LogP contribution is -2.33. The van der Waals surface area contributed by atoms with Crippen LogP contribution in [0.25, 0.3) is 0 Å². The van der Waals surface area contributed by atoms with E-state index in [1.54, 1.807) is 31.2 Å². The summed E-state index contributed by atoms with van der Waals surface area (Å²) >= 11 is 1.37. The van der Waals surface area contributed by atoms with Crippen molar-refractivity contribution in [2.24, 2.45) is 0 Å². The lowest BCUT2D eigenvalue weighted by molar-refractivity contribution is -0.142. The van der Waals surface area contributed by atoms with Gasteiger partial charge in [-0.15, -0.1) is 10.2 Å². The number of esters is 1. The van der Waals surface area contributed by atoms with Gasteiger partial charge in [-0.25, -0.2) is 4.79 Å². The van der Waals surface area contributed by atoms with Gasteiger partial charge in [-0.3, -0.25) is 10.1 Å². The van der Waals surface area contributed by atoms with E-state index in [0.29, 0.717) is 23.5 Å². The van der Waals surface area contributed by atoms with Gasteiger partial charge in [0.2, 0.25) is 10.3 Å². The van der Waals surface area contributed by atoms with E-state index in [4.69, 9.17) is 4.74 Å². The molecule has 1 aromatic heterocycles. The maximum atomic E-state index is 12.2. The Balaban J connectivity index is 1.50. The second kappa shape index (κ2) is 10.2. The zero-order valence-electron chi connectivity index (χ0n) is 16.8. The van der Waals surface area contributed by atoms with Crippen LogP contribution in [0.2, 0.25) is 0 Å². The first-order chi connectivity index (χ1) is 14.0. The lowest BCUT2D eigenvalue weighted by Gasteiger charge is -2.30. The molecule has 1 aliphatic carbocycles. The normalized spacial score (nSPS) is 14.3. The van der Waals surface area contributed by atoms with Crippen LogP contribution >= 0.6 is 11.3 Å². The summed E-state index contributed by atoms with van der Waals surface area (Å²) in [6.45, 7) is 2.14. The summed E-state index contributed by atoms with van der Waals surface area (Å²) in [7, 11) is 2.04. The van der Waals surface area contributed by atoms with Crippen molar-refractivity contribution in [2.45, 2.75) is 51.5 Å². The molecule has 1 aliphatic rings. The number of hydrogen-bond donors (Lipinski definition) is 2. The van der Waals surface area contributed by atoms with Crippen molar-refractivity contribution in [1.82, 2.24) is 10.2 Å². The number of anilines is 3. The van der Waals surface area contributed by atoms with E-state index in [1.807, 2.05) is 7.05 Å². The van der Waals surface area contributed by atoms with E-state index in [0.717, 1.165) is 10.7 Å². The topological polar surface area (TPSA) is 96.4 Å². The van der Waals surface area contributed by atoms with Crippen LogP contribution in [0.15, 0.2) is 24.3 Å². The van der Waals surface area contributed by atoms with Gasteiger partial charge in [-0.2, -0.15) is 0 Å². The Bertz CT molecular complexity index is 818. The predicted molar refractivity (Wildman–Crippen MR) is 115 cm³/mol. The quantitative estimate of drug-likeness (QED) is 0.660. The Hall–Kier alpha value is -2.68. The van der Waals surface area contributed by atoms with E-state index in [2.05, 4.69) is 25.7 Å². The van der Waals surface area contributed by atoms with Crippen LogP contribution in [0.3, 0.4) is 0 Å². The standard InChI is InChI=1S/C20H27N5O3S/c1-3-28-17(26)13-14-9-11-15(12-10-14)21-18(27)22-19-23-24-20(29-19)25(2)16-7-5-4-6-8-16/h9-12,16H,3-8,13H2,1-2H3,(H2,21,22,23,27). The largest absolute Gasteiger partial charge is 0.466 e. The Kier molecular flexibility index (Phi) is 7.40. The molecule has 156 valence electrons. The average molecular weight is 418 g/mol. The van der Waals surface area contributed by atoms with Gasteiger partial charge in [0.1, 0.15) is 0 Å². The predicted octanol–water partition coefficient (Wildman–Crippen LogP) is 4.06. The molecule has 2 N–H and O–H groups in total. The van der Waals surface area contributed by atoms with Crippen LogP contribution in [0, 0.1) is 0 Å². The first-order valence-corrected chi connectivity index (χ1v) is 10.8. The molecule has 1 aromatic carbocycles. The van der Waals surface area contributed by atoms with Gasteiger partial charge in [-0.05, 0) is 37.5 Å². The fourth-order valence-corrected chi connectivity index (χ4v) is 4.15. The second-order valence-electron chi connectivity index (χ2n) is 7.05. The number of aromatic nitrogens is 2. The molecule has 29 heavy (non-hydrogen) atoms. The summed E-state index contributed by atoms with van der Waals surface area (Å²) in [4.78, 5) is 25.9. The first kappa shape index (κ1) is 21.0. The molecule has 1 saturated carbocycles. The number of carbonyl (C=O) groups excluding carboxylic acids is 2. The van der Waals surface area contributed by atoms with Crippen LogP contribution in [0.1, 0.15) is 44.6 Å². The molecule has 1 fully saturated rings. The molecule has 1 heterocycles. The van der Waals surface area contributed by atoms with Gasteiger partial charge in [0.25, 0.3) is 0 Å². The minimum atomic E-state index is -0.383. The molecule has 0 unspecified atom stereocenters. The molecule has 0 radical (unpaired) electrons. The molecule has 0 bridgehead atoms. The SMILES string of the molecule is CCOC(=O)Cc1ccc(NC(=O)Nc2nnc(N(C)C3CCCCC3)s2)cc1. The van der Waals surface area contributed by atoms with Crippen molar-refractivity contribution in [3.63, 3.8) is 0 Å². The summed E-state index contributed by atoms with van der Waals surface area (Å²) in [6, 6.07) is 7.17. The van der Waals surface area contributed by atoms with Crippen molar-refractivity contribution < 1.29 is 14.3 Å². The summed E-state index contributed by atoms with van der Waals surface area (Å²) in [5.41, 5.74) is 1.45. The van der Waals surface area contributed by atoms with Crippen LogP contribution < -0.4 is 15.5 Å². The highest BCUT2D eigenvalue weighted by molar-refractivity contribution is 7.19. The number of amides is 2. The maximum Gasteiger partial charge on any atom is 0.325 e. The number of nitrogens with one attached hydrogen (secondary N) is 2. The molecule has 0 aliphatic heterocycles. The molecule has 0 saturated heterocycles. The number of carbonyl (C=O) groups is 2. The van der Waals surface area contributed by atoms with Gasteiger partial charge < -0.3 is 15.0 Å². The molecule has 9 heteroatoms. The third-order valence-corrected chi connectivity index (χ3v) is 5.85. The van der Waals surface area contributed by atoms with E-state index in [-0.39, 0.29) is 18.4 Å². The van der Waals surface area contributed by atoms with Gasteiger partial charge in [0.05, 0.1) is 13.0 Å². The van der Waals surface area contributed by atoms with Crippen molar-refractivity contribution in [1.29, 1.82) is 0 Å². The highest BCUT2D eigenvalue weighted by Crippen LogP contribution is 2.29. The van der Waals surface area contributed by atoms with Crippen LogP contribution in [0.5, 0.6) is 0 Å². The number of nitrogens with zero attached hydrogens (tertiary/aromatic N) is 3. The Morgan fingerprint density at radius 2 is 1.86 bits per heavy atom. The van der Waals surface area contributed by atoms with Crippen molar-refractivity contribution in [3.8, 4) is 0 Å². The lowest BCUT2D eigenvalue weighted by atomic mass is 9.95. The van der Waals surface area contributed by atoms with Gasteiger partial charge in [0.15, 0.2) is 0 Å². The van der Waals surface area contributed by atoms with Gasteiger partial charge >= 0.3 is 12.0 Å².